The van der Waals surface area contributed by atoms with Gasteiger partial charge in [0.2, 0.25) is 15.9 Å². The second kappa shape index (κ2) is 9.06. The van der Waals surface area contributed by atoms with E-state index in [-0.39, 0.29) is 12.3 Å². The van der Waals surface area contributed by atoms with Crippen LogP contribution in [0.4, 0.5) is 11.4 Å². The van der Waals surface area contributed by atoms with Crippen molar-refractivity contribution < 1.29 is 17.9 Å². The smallest absolute Gasteiger partial charge is 0.230 e. The third-order valence-corrected chi connectivity index (χ3v) is 5.31. The normalized spacial score (nSPS) is 11.1. The van der Waals surface area contributed by atoms with E-state index in [4.69, 9.17) is 4.74 Å². The van der Waals surface area contributed by atoms with E-state index in [1.54, 1.807) is 24.3 Å². The SMILES string of the molecule is CCOc1ccccc1-c1nc(CC(=O)Nc2ccc(NS(C)(=O)=O)cc2)cs1. The van der Waals surface area contributed by atoms with Gasteiger partial charge in [-0.3, -0.25) is 9.52 Å². The van der Waals surface area contributed by atoms with Crippen LogP contribution in [0.3, 0.4) is 0 Å². The molecule has 0 atom stereocenters. The average Bonchev–Trinajstić information content (AvgIpc) is 3.11. The van der Waals surface area contributed by atoms with E-state index in [1.165, 1.54) is 11.3 Å². The Morgan fingerprint density at radius 2 is 1.79 bits per heavy atom. The van der Waals surface area contributed by atoms with Crippen LogP contribution in [0.2, 0.25) is 0 Å². The third-order valence-electron chi connectivity index (χ3n) is 3.78. The highest BCUT2D eigenvalue weighted by atomic mass is 32.2. The van der Waals surface area contributed by atoms with Crippen molar-refractivity contribution in [3.8, 4) is 16.3 Å². The molecule has 0 fully saturated rings. The number of ether oxygens (including phenoxy) is 1. The lowest BCUT2D eigenvalue weighted by atomic mass is 10.2. The Labute approximate surface area is 173 Å². The molecule has 2 N–H and O–H groups in total. The molecule has 0 aliphatic rings. The van der Waals surface area contributed by atoms with Gasteiger partial charge in [-0.25, -0.2) is 13.4 Å². The number of rotatable bonds is 8. The summed E-state index contributed by atoms with van der Waals surface area (Å²) in [5, 5.41) is 5.44. The average molecular weight is 432 g/mol. The molecular formula is C20H21N3O4S2. The van der Waals surface area contributed by atoms with Gasteiger partial charge in [0.05, 0.1) is 30.5 Å². The summed E-state index contributed by atoms with van der Waals surface area (Å²) < 4.78 is 30.5. The van der Waals surface area contributed by atoms with Gasteiger partial charge in [-0.1, -0.05) is 12.1 Å². The first kappa shape index (κ1) is 20.8. The van der Waals surface area contributed by atoms with Crippen LogP contribution < -0.4 is 14.8 Å². The zero-order chi connectivity index (χ0) is 20.9. The summed E-state index contributed by atoms with van der Waals surface area (Å²) in [4.78, 5) is 16.9. The zero-order valence-electron chi connectivity index (χ0n) is 16.0. The van der Waals surface area contributed by atoms with Gasteiger partial charge in [-0.2, -0.15) is 0 Å². The van der Waals surface area contributed by atoms with Crippen molar-refractivity contribution in [2.24, 2.45) is 0 Å². The maximum Gasteiger partial charge on any atom is 0.230 e. The number of hydrogen-bond donors (Lipinski definition) is 2. The Hall–Kier alpha value is -2.91. The fourth-order valence-corrected chi connectivity index (χ4v) is 4.06. The van der Waals surface area contributed by atoms with Gasteiger partial charge in [0, 0.05) is 16.8 Å². The molecule has 0 saturated carbocycles. The molecule has 1 amide bonds. The molecule has 29 heavy (non-hydrogen) atoms. The number of aromatic nitrogens is 1. The third kappa shape index (κ3) is 6.03. The summed E-state index contributed by atoms with van der Waals surface area (Å²) >= 11 is 1.46. The van der Waals surface area contributed by atoms with Gasteiger partial charge in [-0.05, 0) is 43.3 Å². The molecular weight excluding hydrogens is 410 g/mol. The summed E-state index contributed by atoms with van der Waals surface area (Å²) in [7, 11) is -3.33. The van der Waals surface area contributed by atoms with Crippen molar-refractivity contribution >= 4 is 38.6 Å². The van der Waals surface area contributed by atoms with Crippen LogP contribution in [0.1, 0.15) is 12.6 Å². The summed E-state index contributed by atoms with van der Waals surface area (Å²) in [6, 6.07) is 14.1. The Kier molecular flexibility index (Phi) is 6.50. The molecule has 2 aromatic carbocycles. The van der Waals surface area contributed by atoms with Crippen molar-refractivity contribution in [2.75, 3.05) is 22.9 Å². The summed E-state index contributed by atoms with van der Waals surface area (Å²) in [6.07, 6.45) is 1.22. The summed E-state index contributed by atoms with van der Waals surface area (Å²) in [6.45, 7) is 2.49. The van der Waals surface area contributed by atoms with Crippen molar-refractivity contribution in [3.63, 3.8) is 0 Å². The number of para-hydroxylation sites is 1. The van der Waals surface area contributed by atoms with Crippen LogP contribution in [0.5, 0.6) is 5.75 Å². The molecule has 0 spiro atoms. The van der Waals surface area contributed by atoms with Gasteiger partial charge in [0.15, 0.2) is 0 Å². The Morgan fingerprint density at radius 1 is 1.10 bits per heavy atom. The van der Waals surface area contributed by atoms with Gasteiger partial charge in [-0.15, -0.1) is 11.3 Å². The first-order valence-corrected chi connectivity index (χ1v) is 11.7. The van der Waals surface area contributed by atoms with Crippen molar-refractivity contribution in [1.82, 2.24) is 4.98 Å². The lowest BCUT2D eigenvalue weighted by Gasteiger charge is -2.07. The van der Waals surface area contributed by atoms with Crippen LogP contribution in [-0.4, -0.2) is 32.2 Å². The molecule has 0 bridgehead atoms. The monoisotopic (exact) mass is 431 g/mol. The maximum atomic E-state index is 12.3. The number of nitrogens with zero attached hydrogens (tertiary/aromatic N) is 1. The number of carbonyl (C=O) groups excluding carboxylic acids is 1. The van der Waals surface area contributed by atoms with Crippen molar-refractivity contribution in [2.45, 2.75) is 13.3 Å². The molecule has 0 aliphatic carbocycles. The van der Waals surface area contributed by atoms with Crippen molar-refractivity contribution in [3.05, 3.63) is 59.6 Å². The lowest BCUT2D eigenvalue weighted by molar-refractivity contribution is -0.115. The molecule has 0 saturated heterocycles. The second-order valence-electron chi connectivity index (χ2n) is 6.25. The van der Waals surface area contributed by atoms with E-state index >= 15 is 0 Å². The highest BCUT2D eigenvalue weighted by molar-refractivity contribution is 7.92. The molecule has 0 aliphatic heterocycles. The van der Waals surface area contributed by atoms with E-state index in [2.05, 4.69) is 15.0 Å². The first-order valence-electron chi connectivity index (χ1n) is 8.88. The van der Waals surface area contributed by atoms with Gasteiger partial charge in [0.1, 0.15) is 10.8 Å². The number of nitrogens with one attached hydrogen (secondary N) is 2. The highest BCUT2D eigenvalue weighted by Gasteiger charge is 2.12. The van der Waals surface area contributed by atoms with E-state index in [1.807, 2.05) is 36.6 Å². The largest absolute Gasteiger partial charge is 0.493 e. The number of amides is 1. The standard InChI is InChI=1S/C20H21N3O4S2/c1-3-27-18-7-5-4-6-17(18)20-22-16(13-28-20)12-19(24)21-14-8-10-15(11-9-14)23-29(2,25)26/h4-11,13,23H,3,12H2,1-2H3,(H,21,24). The highest BCUT2D eigenvalue weighted by Crippen LogP contribution is 2.32. The fraction of sp³-hybridized carbons (Fsp3) is 0.200. The van der Waals surface area contributed by atoms with Gasteiger partial charge < -0.3 is 10.1 Å². The number of carbonyl (C=O) groups is 1. The molecule has 0 radical (unpaired) electrons. The predicted octanol–water partition coefficient (Wildman–Crippen LogP) is 3.76. The summed E-state index contributed by atoms with van der Waals surface area (Å²) in [5.74, 6) is 0.562. The van der Waals surface area contributed by atoms with Gasteiger partial charge >= 0.3 is 0 Å². The quantitative estimate of drug-likeness (QED) is 0.566. The summed E-state index contributed by atoms with van der Waals surface area (Å²) in [5.41, 5.74) is 2.58. The number of hydrogen-bond acceptors (Lipinski definition) is 6. The van der Waals surface area contributed by atoms with Crippen LogP contribution in [0.25, 0.3) is 10.6 Å². The van der Waals surface area contributed by atoms with E-state index in [0.29, 0.717) is 23.7 Å². The topological polar surface area (TPSA) is 97.4 Å². The van der Waals surface area contributed by atoms with Crippen LogP contribution in [0.15, 0.2) is 53.9 Å². The van der Waals surface area contributed by atoms with Gasteiger partial charge in [0.25, 0.3) is 0 Å². The lowest BCUT2D eigenvalue weighted by Crippen LogP contribution is -2.14. The molecule has 7 nitrogen and oxygen atoms in total. The number of sulfonamides is 1. The maximum absolute atomic E-state index is 12.3. The fourth-order valence-electron chi connectivity index (χ4n) is 2.64. The molecule has 0 unspecified atom stereocenters. The van der Waals surface area contributed by atoms with Crippen LogP contribution in [-0.2, 0) is 21.2 Å². The van der Waals surface area contributed by atoms with Crippen molar-refractivity contribution in [1.29, 1.82) is 0 Å². The predicted molar refractivity (Wildman–Crippen MR) is 116 cm³/mol. The molecule has 3 rings (SSSR count). The van der Waals surface area contributed by atoms with E-state index < -0.39 is 10.0 Å². The minimum atomic E-state index is -3.33. The molecule has 1 heterocycles. The Balaban J connectivity index is 1.64. The molecule has 1 aromatic heterocycles. The van der Waals surface area contributed by atoms with E-state index in [0.717, 1.165) is 22.6 Å². The van der Waals surface area contributed by atoms with Crippen LogP contribution >= 0.6 is 11.3 Å². The minimum Gasteiger partial charge on any atom is -0.493 e. The Morgan fingerprint density at radius 3 is 2.48 bits per heavy atom. The minimum absolute atomic E-state index is 0.136. The number of thiazole rings is 1. The molecule has 3 aromatic rings. The Bertz CT molecular complexity index is 1090. The molecule has 152 valence electrons. The first-order chi connectivity index (χ1) is 13.8. The zero-order valence-corrected chi connectivity index (χ0v) is 17.6. The number of benzene rings is 2. The number of anilines is 2. The molecule has 9 heteroatoms. The van der Waals surface area contributed by atoms with E-state index in [9.17, 15) is 13.2 Å². The second-order valence-corrected chi connectivity index (χ2v) is 8.86. The van der Waals surface area contributed by atoms with Crippen LogP contribution in [0, 0.1) is 0 Å².